The number of aromatic amines is 1. The van der Waals surface area contributed by atoms with E-state index in [1.165, 1.54) is 0 Å². The van der Waals surface area contributed by atoms with Crippen molar-refractivity contribution in [2.45, 2.75) is 19.5 Å². The molecule has 1 saturated heterocycles. The summed E-state index contributed by atoms with van der Waals surface area (Å²) in [7, 11) is 0. The van der Waals surface area contributed by atoms with Gasteiger partial charge in [0.25, 0.3) is 11.5 Å². The summed E-state index contributed by atoms with van der Waals surface area (Å²) < 4.78 is 0. The predicted molar refractivity (Wildman–Crippen MR) is 124 cm³/mol. The van der Waals surface area contributed by atoms with E-state index in [2.05, 4.69) is 25.5 Å². The predicted octanol–water partition coefficient (Wildman–Crippen LogP) is 1.24. The number of rotatable bonds is 4. The minimum absolute atomic E-state index is 0.0530. The van der Waals surface area contributed by atoms with Gasteiger partial charge in [0.15, 0.2) is 0 Å². The van der Waals surface area contributed by atoms with Crippen LogP contribution in [0, 0.1) is 0 Å². The monoisotopic (exact) mass is 446 g/mol. The fraction of sp³-hybridized carbons (Fsp3) is 0.333. The molecule has 1 aromatic heterocycles. The van der Waals surface area contributed by atoms with Crippen molar-refractivity contribution in [3.8, 4) is 0 Å². The van der Waals surface area contributed by atoms with Crippen LogP contribution in [0.3, 0.4) is 0 Å². The van der Waals surface area contributed by atoms with Gasteiger partial charge in [-0.3, -0.25) is 14.5 Å². The Morgan fingerprint density at radius 3 is 2.73 bits per heavy atom. The number of hydrogen-bond donors (Lipinski definition) is 3. The number of para-hydroxylation sites is 1. The second-order valence-corrected chi connectivity index (χ2v) is 8.45. The lowest BCUT2D eigenvalue weighted by molar-refractivity contribution is 0.0946. The summed E-state index contributed by atoms with van der Waals surface area (Å²) in [5.74, 6) is 0.579. The van der Waals surface area contributed by atoms with Gasteiger partial charge in [-0.15, -0.1) is 0 Å². The molecular weight excluding hydrogens is 420 g/mol. The van der Waals surface area contributed by atoms with Crippen LogP contribution >= 0.6 is 0 Å². The third-order valence-corrected chi connectivity index (χ3v) is 6.24. The van der Waals surface area contributed by atoms with E-state index >= 15 is 0 Å². The average molecular weight is 447 g/mol. The smallest absolute Gasteiger partial charge is 0.317 e. The summed E-state index contributed by atoms with van der Waals surface area (Å²) in [6, 6.07) is 13.0. The molecule has 0 radical (unpaired) electrons. The first-order chi connectivity index (χ1) is 16.1. The number of aromatic nitrogens is 2. The molecule has 3 amide bonds. The number of nitrogens with zero attached hydrogens (tertiary/aromatic N) is 3. The molecule has 170 valence electrons. The van der Waals surface area contributed by atoms with E-state index in [0.29, 0.717) is 68.1 Å². The number of amides is 3. The molecule has 0 saturated carbocycles. The van der Waals surface area contributed by atoms with E-state index in [0.717, 1.165) is 17.5 Å². The Balaban J connectivity index is 1.14. The van der Waals surface area contributed by atoms with Crippen LogP contribution in [-0.4, -0.2) is 64.4 Å². The fourth-order valence-corrected chi connectivity index (χ4v) is 4.39. The maximum atomic E-state index is 12.6. The van der Waals surface area contributed by atoms with Gasteiger partial charge in [0.1, 0.15) is 5.82 Å². The highest BCUT2D eigenvalue weighted by molar-refractivity contribution is 5.96. The Morgan fingerprint density at radius 2 is 1.88 bits per heavy atom. The highest BCUT2D eigenvalue weighted by atomic mass is 16.2. The van der Waals surface area contributed by atoms with Gasteiger partial charge in [0, 0.05) is 44.8 Å². The van der Waals surface area contributed by atoms with E-state index in [4.69, 9.17) is 0 Å². The standard InChI is InChI=1S/C24H26N6O3/c31-22-19-13-16(5-6-17(19)7-8-25-22)14-26-24(33)30-11-9-29(10-12-30)15-21-27-20-4-2-1-3-18(20)23(32)28-21/h1-6,13H,7-12,14-15H2,(H,25,31)(H,26,33)(H,27,28,32). The summed E-state index contributed by atoms with van der Waals surface area (Å²) in [5, 5.41) is 6.40. The molecular formula is C24H26N6O3. The van der Waals surface area contributed by atoms with Crippen molar-refractivity contribution < 1.29 is 9.59 Å². The molecule has 3 heterocycles. The van der Waals surface area contributed by atoms with Crippen LogP contribution in [0.15, 0.2) is 47.3 Å². The minimum atomic E-state index is -0.131. The van der Waals surface area contributed by atoms with Gasteiger partial charge < -0.3 is 20.5 Å². The molecule has 0 aliphatic carbocycles. The van der Waals surface area contributed by atoms with Crippen molar-refractivity contribution in [2.24, 2.45) is 0 Å². The zero-order valence-electron chi connectivity index (χ0n) is 18.3. The van der Waals surface area contributed by atoms with Crippen LogP contribution in [0.2, 0.25) is 0 Å². The van der Waals surface area contributed by atoms with Crippen LogP contribution in [0.1, 0.15) is 27.3 Å². The van der Waals surface area contributed by atoms with Gasteiger partial charge in [0.2, 0.25) is 0 Å². The number of hydrogen-bond acceptors (Lipinski definition) is 5. The Hall–Kier alpha value is -3.72. The maximum Gasteiger partial charge on any atom is 0.317 e. The second-order valence-electron chi connectivity index (χ2n) is 8.45. The van der Waals surface area contributed by atoms with Crippen LogP contribution in [0.25, 0.3) is 10.9 Å². The summed E-state index contributed by atoms with van der Waals surface area (Å²) in [6.45, 7) is 4.16. The normalized spacial score (nSPS) is 16.4. The molecule has 0 spiro atoms. The molecule has 0 bridgehead atoms. The van der Waals surface area contributed by atoms with Crippen molar-refractivity contribution in [1.29, 1.82) is 0 Å². The van der Waals surface area contributed by atoms with Crippen molar-refractivity contribution in [2.75, 3.05) is 32.7 Å². The summed E-state index contributed by atoms with van der Waals surface area (Å²) in [4.78, 5) is 48.3. The lowest BCUT2D eigenvalue weighted by Crippen LogP contribution is -2.51. The Bertz CT molecular complexity index is 1260. The molecule has 3 N–H and O–H groups in total. The second kappa shape index (κ2) is 9.03. The van der Waals surface area contributed by atoms with Gasteiger partial charge >= 0.3 is 6.03 Å². The molecule has 0 unspecified atom stereocenters. The largest absolute Gasteiger partial charge is 0.352 e. The first-order valence-electron chi connectivity index (χ1n) is 11.2. The third-order valence-electron chi connectivity index (χ3n) is 6.24. The van der Waals surface area contributed by atoms with Gasteiger partial charge in [0.05, 0.1) is 17.4 Å². The van der Waals surface area contributed by atoms with Gasteiger partial charge in [-0.25, -0.2) is 9.78 Å². The molecule has 9 nitrogen and oxygen atoms in total. The van der Waals surface area contributed by atoms with E-state index < -0.39 is 0 Å². The Labute approximate surface area is 190 Å². The van der Waals surface area contributed by atoms with Gasteiger partial charge in [-0.05, 0) is 35.7 Å². The van der Waals surface area contributed by atoms with Crippen molar-refractivity contribution in [3.05, 3.63) is 75.3 Å². The maximum absolute atomic E-state index is 12.6. The van der Waals surface area contributed by atoms with Crippen molar-refractivity contribution in [1.82, 2.24) is 30.4 Å². The lowest BCUT2D eigenvalue weighted by atomic mass is 9.98. The Morgan fingerprint density at radius 1 is 1.06 bits per heavy atom. The number of H-pyrrole nitrogens is 1. The molecule has 9 heteroatoms. The summed E-state index contributed by atoms with van der Waals surface area (Å²) in [5.41, 5.74) is 3.21. The molecule has 5 rings (SSSR count). The third kappa shape index (κ3) is 4.58. The van der Waals surface area contributed by atoms with Gasteiger partial charge in [-0.2, -0.15) is 0 Å². The van der Waals surface area contributed by atoms with Crippen LogP contribution < -0.4 is 16.2 Å². The fourth-order valence-electron chi connectivity index (χ4n) is 4.39. The SMILES string of the molecule is O=C1NCCc2ccc(CNC(=O)N3CCN(Cc4nc5ccccc5c(=O)[nH]4)CC3)cc21. The number of carbonyl (C=O) groups excluding carboxylic acids is 2. The van der Waals surface area contributed by atoms with E-state index in [1.54, 1.807) is 11.0 Å². The van der Waals surface area contributed by atoms with Crippen molar-refractivity contribution >= 4 is 22.8 Å². The molecule has 3 aromatic rings. The highest BCUT2D eigenvalue weighted by Gasteiger charge is 2.22. The molecule has 2 aliphatic rings. The van der Waals surface area contributed by atoms with E-state index in [-0.39, 0.29) is 17.5 Å². The number of carbonyl (C=O) groups is 2. The van der Waals surface area contributed by atoms with E-state index in [9.17, 15) is 14.4 Å². The number of piperazine rings is 1. The quantitative estimate of drug-likeness (QED) is 0.559. The molecule has 33 heavy (non-hydrogen) atoms. The lowest BCUT2D eigenvalue weighted by Gasteiger charge is -2.34. The van der Waals surface area contributed by atoms with Gasteiger partial charge in [-0.1, -0.05) is 24.3 Å². The number of urea groups is 1. The number of nitrogens with one attached hydrogen (secondary N) is 3. The van der Waals surface area contributed by atoms with Crippen LogP contribution in [0.5, 0.6) is 0 Å². The zero-order chi connectivity index (χ0) is 22.8. The molecule has 0 atom stereocenters. The van der Waals surface area contributed by atoms with Crippen molar-refractivity contribution in [3.63, 3.8) is 0 Å². The first-order valence-corrected chi connectivity index (χ1v) is 11.2. The Kier molecular flexibility index (Phi) is 5.78. The van der Waals surface area contributed by atoms with Crippen LogP contribution in [-0.2, 0) is 19.5 Å². The topological polar surface area (TPSA) is 110 Å². The summed E-state index contributed by atoms with van der Waals surface area (Å²) >= 11 is 0. The average Bonchev–Trinajstić information content (AvgIpc) is 2.83. The van der Waals surface area contributed by atoms with Crippen LogP contribution in [0.4, 0.5) is 4.79 Å². The highest BCUT2D eigenvalue weighted by Crippen LogP contribution is 2.16. The first kappa shape index (κ1) is 21.1. The number of fused-ring (bicyclic) bond motifs is 2. The minimum Gasteiger partial charge on any atom is -0.352 e. The van der Waals surface area contributed by atoms with E-state index in [1.807, 2.05) is 36.4 Å². The molecule has 2 aliphatic heterocycles. The molecule has 2 aromatic carbocycles. The zero-order valence-corrected chi connectivity index (χ0v) is 18.3. The summed E-state index contributed by atoms with van der Waals surface area (Å²) in [6.07, 6.45) is 0.834. The number of benzene rings is 2. The molecule has 1 fully saturated rings.